The van der Waals surface area contributed by atoms with Crippen LogP contribution in [0.5, 0.6) is 0 Å². The zero-order valence-corrected chi connectivity index (χ0v) is 14.2. The summed E-state index contributed by atoms with van der Waals surface area (Å²) >= 11 is 1.57. The van der Waals surface area contributed by atoms with Crippen LogP contribution in [0.2, 0.25) is 0 Å². The fourth-order valence-electron chi connectivity index (χ4n) is 2.35. The topological polar surface area (TPSA) is 55.4 Å². The van der Waals surface area contributed by atoms with Gasteiger partial charge in [0.1, 0.15) is 0 Å². The minimum absolute atomic E-state index is 0.0290. The first-order valence-corrected chi connectivity index (χ1v) is 8.73. The number of rotatable bonds is 6. The van der Waals surface area contributed by atoms with Crippen molar-refractivity contribution >= 4 is 29.3 Å². The van der Waals surface area contributed by atoms with Gasteiger partial charge >= 0.3 is 5.97 Å². The molecule has 0 aliphatic heterocycles. The van der Waals surface area contributed by atoms with Crippen molar-refractivity contribution in [2.45, 2.75) is 23.1 Å². The van der Waals surface area contributed by atoms with Crippen molar-refractivity contribution < 1.29 is 14.3 Å². The van der Waals surface area contributed by atoms with Crippen molar-refractivity contribution in [2.75, 3.05) is 11.9 Å². The second-order valence-corrected chi connectivity index (χ2v) is 7.00. The molecule has 2 aromatic rings. The third kappa shape index (κ3) is 4.38. The highest BCUT2D eigenvalue weighted by Gasteiger charge is 2.40. The molecule has 2 unspecified atom stereocenters. The molecule has 2 atom stereocenters. The highest BCUT2D eigenvalue weighted by molar-refractivity contribution is 7.99. The Balaban J connectivity index is 1.58. The van der Waals surface area contributed by atoms with E-state index in [4.69, 9.17) is 4.74 Å². The van der Waals surface area contributed by atoms with Gasteiger partial charge < -0.3 is 10.1 Å². The van der Waals surface area contributed by atoms with Crippen molar-refractivity contribution in [3.05, 3.63) is 54.6 Å². The number of anilines is 1. The lowest BCUT2D eigenvalue weighted by molar-refractivity contribution is -0.148. The molecule has 24 heavy (non-hydrogen) atoms. The van der Waals surface area contributed by atoms with E-state index in [2.05, 4.69) is 5.32 Å². The molecular weight excluding hydrogens is 322 g/mol. The van der Waals surface area contributed by atoms with Gasteiger partial charge in [-0.2, -0.15) is 0 Å². The van der Waals surface area contributed by atoms with Gasteiger partial charge in [-0.15, -0.1) is 0 Å². The minimum atomic E-state index is -0.322. The zero-order chi connectivity index (χ0) is 16.9. The molecule has 4 nitrogen and oxygen atoms in total. The van der Waals surface area contributed by atoms with E-state index < -0.39 is 0 Å². The van der Waals surface area contributed by atoms with Crippen LogP contribution in [0.4, 0.5) is 5.69 Å². The van der Waals surface area contributed by atoms with Crippen LogP contribution in [0, 0.1) is 11.8 Å². The summed E-state index contributed by atoms with van der Waals surface area (Å²) in [5, 5.41) is 2.82. The van der Waals surface area contributed by atoms with Gasteiger partial charge in [0.25, 0.3) is 5.91 Å². The zero-order valence-electron chi connectivity index (χ0n) is 13.4. The van der Waals surface area contributed by atoms with Crippen LogP contribution in [0.3, 0.4) is 0 Å². The van der Waals surface area contributed by atoms with Crippen molar-refractivity contribution in [3.63, 3.8) is 0 Å². The van der Waals surface area contributed by atoms with E-state index >= 15 is 0 Å². The van der Waals surface area contributed by atoms with Crippen LogP contribution < -0.4 is 5.32 Å². The maximum absolute atomic E-state index is 12.0. The van der Waals surface area contributed by atoms with E-state index in [0.717, 1.165) is 16.2 Å². The van der Waals surface area contributed by atoms with Gasteiger partial charge in [-0.3, -0.25) is 9.59 Å². The number of para-hydroxylation sites is 1. The lowest BCUT2D eigenvalue weighted by Gasteiger charge is -2.11. The second-order valence-electron chi connectivity index (χ2n) is 5.89. The SMILES string of the molecule is CC1CC1C(=O)OCC(=O)Nc1ccccc1Sc1ccccc1. The number of amides is 1. The van der Waals surface area contributed by atoms with E-state index in [0.29, 0.717) is 11.6 Å². The predicted molar refractivity (Wildman–Crippen MR) is 93.9 cm³/mol. The first-order valence-electron chi connectivity index (χ1n) is 7.92. The average Bonchev–Trinajstić information content (AvgIpc) is 3.32. The summed E-state index contributed by atoms with van der Waals surface area (Å²) in [6.45, 7) is 1.76. The summed E-state index contributed by atoms with van der Waals surface area (Å²) in [5.74, 6) is -0.246. The summed E-state index contributed by atoms with van der Waals surface area (Å²) in [6, 6.07) is 17.5. The largest absolute Gasteiger partial charge is 0.455 e. The molecule has 1 saturated carbocycles. The summed E-state index contributed by atoms with van der Waals surface area (Å²) in [5.41, 5.74) is 0.715. The normalized spacial score (nSPS) is 18.7. The third-order valence-corrected chi connectivity index (χ3v) is 4.97. The molecule has 124 valence electrons. The molecule has 1 amide bonds. The molecule has 0 aromatic heterocycles. The average molecular weight is 341 g/mol. The van der Waals surface area contributed by atoms with Gasteiger partial charge in [-0.1, -0.05) is 49.0 Å². The Bertz CT molecular complexity index is 732. The lowest BCUT2D eigenvalue weighted by Crippen LogP contribution is -2.22. The summed E-state index contributed by atoms with van der Waals surface area (Å²) in [7, 11) is 0. The monoisotopic (exact) mass is 341 g/mol. The van der Waals surface area contributed by atoms with Crippen molar-refractivity contribution in [1.82, 2.24) is 0 Å². The number of carbonyl (C=O) groups excluding carboxylic acids is 2. The van der Waals surface area contributed by atoms with Crippen LogP contribution in [0.15, 0.2) is 64.4 Å². The molecule has 0 saturated heterocycles. The number of carbonyl (C=O) groups is 2. The Morgan fingerprint density at radius 3 is 2.50 bits per heavy atom. The molecule has 1 N–H and O–H groups in total. The quantitative estimate of drug-likeness (QED) is 0.808. The first-order chi connectivity index (χ1) is 11.6. The van der Waals surface area contributed by atoms with Crippen molar-refractivity contribution in [2.24, 2.45) is 11.8 Å². The van der Waals surface area contributed by atoms with E-state index in [-0.39, 0.29) is 24.4 Å². The maximum Gasteiger partial charge on any atom is 0.309 e. The Morgan fingerprint density at radius 1 is 1.12 bits per heavy atom. The molecule has 5 heteroatoms. The number of nitrogens with one attached hydrogen (secondary N) is 1. The molecule has 1 aliphatic rings. The van der Waals surface area contributed by atoms with Crippen molar-refractivity contribution in [3.8, 4) is 0 Å². The second kappa shape index (κ2) is 7.53. The molecule has 2 aromatic carbocycles. The van der Waals surface area contributed by atoms with E-state index in [1.165, 1.54) is 0 Å². The minimum Gasteiger partial charge on any atom is -0.455 e. The Morgan fingerprint density at radius 2 is 1.79 bits per heavy atom. The number of hydrogen-bond acceptors (Lipinski definition) is 4. The highest BCUT2D eigenvalue weighted by atomic mass is 32.2. The van der Waals surface area contributed by atoms with Crippen LogP contribution in [-0.2, 0) is 14.3 Å². The molecule has 0 spiro atoms. The molecule has 3 rings (SSSR count). The fraction of sp³-hybridized carbons (Fsp3) is 0.263. The number of ether oxygens (including phenoxy) is 1. The van der Waals surface area contributed by atoms with Crippen LogP contribution >= 0.6 is 11.8 Å². The fourth-order valence-corrected chi connectivity index (χ4v) is 3.28. The van der Waals surface area contributed by atoms with Gasteiger partial charge in [0.15, 0.2) is 6.61 Å². The van der Waals surface area contributed by atoms with Gasteiger partial charge in [-0.25, -0.2) is 0 Å². The van der Waals surface area contributed by atoms with Gasteiger partial charge in [0, 0.05) is 9.79 Å². The van der Waals surface area contributed by atoms with Crippen molar-refractivity contribution in [1.29, 1.82) is 0 Å². The smallest absolute Gasteiger partial charge is 0.309 e. The van der Waals surface area contributed by atoms with E-state index in [1.54, 1.807) is 11.8 Å². The molecule has 0 heterocycles. The molecule has 1 fully saturated rings. The highest BCUT2D eigenvalue weighted by Crippen LogP contribution is 2.38. The van der Waals surface area contributed by atoms with Crippen LogP contribution in [-0.4, -0.2) is 18.5 Å². The Labute approximate surface area is 145 Å². The lowest BCUT2D eigenvalue weighted by atomic mass is 10.3. The summed E-state index contributed by atoms with van der Waals surface area (Å²) < 4.78 is 5.07. The standard InChI is InChI=1S/C19H19NO3S/c1-13-11-15(13)19(22)23-12-18(21)20-16-9-5-6-10-17(16)24-14-7-3-2-4-8-14/h2-10,13,15H,11-12H2,1H3,(H,20,21). The predicted octanol–water partition coefficient (Wildman–Crippen LogP) is 3.98. The Kier molecular flexibility index (Phi) is 5.20. The van der Waals surface area contributed by atoms with Crippen LogP contribution in [0.1, 0.15) is 13.3 Å². The number of esters is 1. The number of benzene rings is 2. The molecule has 0 bridgehead atoms. The van der Waals surface area contributed by atoms with Crippen LogP contribution in [0.25, 0.3) is 0 Å². The Hall–Kier alpha value is -2.27. The van der Waals surface area contributed by atoms with E-state index in [9.17, 15) is 9.59 Å². The maximum atomic E-state index is 12.0. The molecule has 0 radical (unpaired) electrons. The third-order valence-electron chi connectivity index (χ3n) is 3.89. The molecular formula is C19H19NO3S. The number of hydrogen-bond donors (Lipinski definition) is 1. The summed E-state index contributed by atoms with van der Waals surface area (Å²) in [6.07, 6.45) is 0.858. The van der Waals surface area contributed by atoms with Gasteiger partial charge in [0.2, 0.25) is 0 Å². The molecule has 1 aliphatic carbocycles. The van der Waals surface area contributed by atoms with E-state index in [1.807, 2.05) is 61.5 Å². The van der Waals surface area contributed by atoms with Gasteiger partial charge in [0.05, 0.1) is 11.6 Å². The van der Waals surface area contributed by atoms with Gasteiger partial charge in [-0.05, 0) is 36.6 Å². The summed E-state index contributed by atoms with van der Waals surface area (Å²) in [4.78, 5) is 25.8. The first kappa shape index (κ1) is 16.6.